The lowest BCUT2D eigenvalue weighted by atomic mass is 9.93. The van der Waals surface area contributed by atoms with Crippen LogP contribution in [0.25, 0.3) is 0 Å². The van der Waals surface area contributed by atoms with Gasteiger partial charge in [0.15, 0.2) is 6.10 Å². The zero-order valence-electron chi connectivity index (χ0n) is 20.8. The number of aliphatic hydroxyl groups excluding tert-OH is 1. The topological polar surface area (TPSA) is 41.5 Å². The molecule has 0 saturated carbocycles. The Morgan fingerprint density at radius 1 is 0.725 bits per heavy atom. The summed E-state index contributed by atoms with van der Waals surface area (Å²) in [5.74, 6) is -11.6. The summed E-state index contributed by atoms with van der Waals surface area (Å²) in [7, 11) is 0. The van der Waals surface area contributed by atoms with Crippen LogP contribution in [0.5, 0.6) is 11.5 Å². The third kappa shape index (κ3) is 6.87. The van der Waals surface area contributed by atoms with E-state index < -0.39 is 48.5 Å². The van der Waals surface area contributed by atoms with Gasteiger partial charge in [-0.15, -0.1) is 0 Å². The lowest BCUT2D eigenvalue weighted by molar-refractivity contribution is -0.359. The summed E-state index contributed by atoms with van der Waals surface area (Å²) in [4.78, 5) is 0. The Kier molecular flexibility index (Phi) is 8.80. The van der Waals surface area contributed by atoms with E-state index in [1.54, 1.807) is 12.1 Å². The second-order valence-corrected chi connectivity index (χ2v) is 9.17. The fourth-order valence-corrected chi connectivity index (χ4v) is 3.93. The van der Waals surface area contributed by atoms with Crippen LogP contribution in [0.2, 0.25) is 0 Å². The van der Waals surface area contributed by atoms with Gasteiger partial charge in [-0.25, -0.2) is 0 Å². The summed E-state index contributed by atoms with van der Waals surface area (Å²) < 4.78 is 139. The molecule has 0 aliphatic heterocycles. The maximum atomic E-state index is 14.4. The van der Waals surface area contributed by atoms with Crippen LogP contribution in [-0.4, -0.2) is 36.0 Å². The van der Waals surface area contributed by atoms with Crippen molar-refractivity contribution in [3.05, 3.63) is 94.5 Å². The van der Waals surface area contributed by atoms with E-state index in [9.17, 15) is 49.0 Å². The van der Waals surface area contributed by atoms with Crippen LogP contribution in [-0.2, 0) is 5.92 Å². The molecular formula is C27H23F10NO2. The van der Waals surface area contributed by atoms with Crippen molar-refractivity contribution in [3.63, 3.8) is 0 Å². The highest BCUT2D eigenvalue weighted by molar-refractivity contribution is 5.42. The molecule has 40 heavy (non-hydrogen) atoms. The van der Waals surface area contributed by atoms with E-state index in [2.05, 4.69) is 5.32 Å². The number of rotatable bonds is 9. The molecule has 0 radical (unpaired) electrons. The molecule has 3 nitrogen and oxygen atoms in total. The van der Waals surface area contributed by atoms with Crippen LogP contribution in [0, 0.1) is 13.8 Å². The summed E-state index contributed by atoms with van der Waals surface area (Å²) in [6.07, 6.45) is -14.5. The first kappa shape index (κ1) is 31.2. The highest BCUT2D eigenvalue weighted by atomic mass is 19.4. The van der Waals surface area contributed by atoms with Crippen molar-refractivity contribution in [2.24, 2.45) is 0 Å². The van der Waals surface area contributed by atoms with Crippen LogP contribution in [0.3, 0.4) is 0 Å². The molecule has 2 atom stereocenters. The van der Waals surface area contributed by atoms with E-state index in [1.807, 2.05) is 19.9 Å². The fourth-order valence-electron chi connectivity index (χ4n) is 3.93. The molecule has 0 aromatic heterocycles. The van der Waals surface area contributed by atoms with Crippen molar-refractivity contribution >= 4 is 0 Å². The Hall–Kier alpha value is -3.32. The number of aryl methyl sites for hydroxylation is 2. The first-order chi connectivity index (χ1) is 18.3. The van der Waals surface area contributed by atoms with Crippen molar-refractivity contribution in [2.45, 2.75) is 50.2 Å². The van der Waals surface area contributed by atoms with Gasteiger partial charge in [0.2, 0.25) is 0 Å². The monoisotopic (exact) mass is 583 g/mol. The first-order valence-electron chi connectivity index (χ1n) is 11.6. The summed E-state index contributed by atoms with van der Waals surface area (Å²) in [5, 5.41) is 11.8. The number of hydrogen-bond donors (Lipinski definition) is 2. The van der Waals surface area contributed by atoms with Crippen LogP contribution in [0.4, 0.5) is 43.9 Å². The SMILES string of the molecule is Cc1cc(C)cc(Oc2cccc(C(NCC(O)C(F)(F)F)c3cccc(C(F)(F)C(F)(F)C(F)(F)F)c3)c2)c1. The van der Waals surface area contributed by atoms with Crippen molar-refractivity contribution in [1.82, 2.24) is 5.32 Å². The quantitative estimate of drug-likeness (QED) is 0.251. The molecule has 2 N–H and O–H groups in total. The Morgan fingerprint density at radius 3 is 1.82 bits per heavy atom. The molecule has 0 spiro atoms. The lowest BCUT2D eigenvalue weighted by Gasteiger charge is -2.29. The Morgan fingerprint density at radius 2 is 1.27 bits per heavy atom. The van der Waals surface area contributed by atoms with Crippen molar-refractivity contribution in [3.8, 4) is 11.5 Å². The smallest absolute Gasteiger partial charge is 0.457 e. The van der Waals surface area contributed by atoms with Gasteiger partial charge in [-0.2, -0.15) is 43.9 Å². The van der Waals surface area contributed by atoms with E-state index in [0.29, 0.717) is 17.9 Å². The molecular weight excluding hydrogens is 560 g/mol. The number of ether oxygens (including phenoxy) is 1. The maximum Gasteiger partial charge on any atom is 0.460 e. The summed E-state index contributed by atoms with van der Waals surface area (Å²) in [5.41, 5.74) is -0.272. The molecule has 3 aromatic carbocycles. The van der Waals surface area contributed by atoms with Gasteiger partial charge in [-0.3, -0.25) is 0 Å². The predicted molar refractivity (Wildman–Crippen MR) is 126 cm³/mol. The van der Waals surface area contributed by atoms with Gasteiger partial charge in [0.25, 0.3) is 0 Å². The zero-order valence-corrected chi connectivity index (χ0v) is 20.8. The lowest BCUT2D eigenvalue weighted by Crippen LogP contribution is -2.50. The molecule has 0 amide bonds. The van der Waals surface area contributed by atoms with E-state index in [1.165, 1.54) is 24.3 Å². The standard InChI is InChI=1S/C27H23F10NO2/c1-15-9-16(2)11-21(10-15)40-20-8-4-6-18(13-20)23(38-14-22(39)25(30,31)32)17-5-3-7-19(12-17)24(28,29)26(33,34)27(35,36)37/h3-13,22-23,38-39H,14H2,1-2H3. The minimum absolute atomic E-state index is 0.0827. The minimum atomic E-state index is -6.58. The Balaban J connectivity index is 2.05. The average molecular weight is 583 g/mol. The molecule has 0 bridgehead atoms. The van der Waals surface area contributed by atoms with Gasteiger partial charge in [-0.05, 0) is 66.4 Å². The molecule has 0 saturated heterocycles. The van der Waals surface area contributed by atoms with E-state index in [0.717, 1.165) is 23.3 Å². The second-order valence-electron chi connectivity index (χ2n) is 9.17. The number of halogens is 10. The number of nitrogens with one attached hydrogen (secondary N) is 1. The molecule has 3 rings (SSSR count). The third-order valence-electron chi connectivity index (χ3n) is 5.85. The molecule has 0 fully saturated rings. The van der Waals surface area contributed by atoms with Gasteiger partial charge in [-0.1, -0.05) is 36.4 Å². The van der Waals surface area contributed by atoms with E-state index >= 15 is 0 Å². The molecule has 2 unspecified atom stereocenters. The summed E-state index contributed by atoms with van der Waals surface area (Å²) >= 11 is 0. The largest absolute Gasteiger partial charge is 0.460 e. The highest BCUT2D eigenvalue weighted by Crippen LogP contribution is 2.52. The first-order valence-corrected chi connectivity index (χ1v) is 11.6. The molecule has 13 heteroatoms. The van der Waals surface area contributed by atoms with Crippen LogP contribution in [0.1, 0.15) is 33.9 Å². The normalized spacial score (nSPS) is 14.6. The van der Waals surface area contributed by atoms with Gasteiger partial charge in [0.1, 0.15) is 11.5 Å². The number of aliphatic hydroxyl groups is 1. The molecule has 0 aliphatic carbocycles. The Labute approximate surface area is 222 Å². The van der Waals surface area contributed by atoms with Gasteiger partial charge < -0.3 is 15.2 Å². The number of alkyl halides is 10. The number of benzene rings is 3. The van der Waals surface area contributed by atoms with Crippen molar-refractivity contribution < 1.29 is 53.7 Å². The zero-order chi connectivity index (χ0) is 30.1. The van der Waals surface area contributed by atoms with Crippen molar-refractivity contribution in [2.75, 3.05) is 6.54 Å². The van der Waals surface area contributed by atoms with Crippen LogP contribution in [0.15, 0.2) is 66.7 Å². The van der Waals surface area contributed by atoms with Gasteiger partial charge in [0.05, 0.1) is 6.04 Å². The van der Waals surface area contributed by atoms with Crippen molar-refractivity contribution in [1.29, 1.82) is 0 Å². The van der Waals surface area contributed by atoms with Gasteiger partial charge in [0, 0.05) is 12.1 Å². The highest BCUT2D eigenvalue weighted by Gasteiger charge is 2.73. The molecule has 0 heterocycles. The molecule has 3 aromatic rings. The second kappa shape index (κ2) is 11.3. The van der Waals surface area contributed by atoms with E-state index in [4.69, 9.17) is 4.74 Å². The summed E-state index contributed by atoms with van der Waals surface area (Å²) in [6.45, 7) is 2.47. The fraction of sp³-hybridized carbons (Fsp3) is 0.333. The average Bonchev–Trinajstić information content (AvgIpc) is 2.82. The third-order valence-corrected chi connectivity index (χ3v) is 5.85. The molecule has 218 valence electrons. The predicted octanol–water partition coefficient (Wildman–Crippen LogP) is 7.99. The van der Waals surface area contributed by atoms with Crippen LogP contribution >= 0.6 is 0 Å². The number of hydrogen-bond acceptors (Lipinski definition) is 3. The van der Waals surface area contributed by atoms with Crippen LogP contribution < -0.4 is 10.1 Å². The van der Waals surface area contributed by atoms with E-state index in [-0.39, 0.29) is 16.9 Å². The summed E-state index contributed by atoms with van der Waals surface area (Å²) in [6, 6.07) is 11.9. The maximum absolute atomic E-state index is 14.4. The Bertz CT molecular complexity index is 1300. The minimum Gasteiger partial charge on any atom is -0.457 e. The molecule has 0 aliphatic rings. The van der Waals surface area contributed by atoms with Gasteiger partial charge >= 0.3 is 24.2 Å².